The van der Waals surface area contributed by atoms with Crippen molar-refractivity contribution in [2.75, 3.05) is 41.3 Å². The lowest BCUT2D eigenvalue weighted by Gasteiger charge is -2.36. The molecule has 2 aromatic rings. The summed E-state index contributed by atoms with van der Waals surface area (Å²) in [4.78, 5) is 0. The van der Waals surface area contributed by atoms with Gasteiger partial charge in [-0.2, -0.15) is 0 Å². The normalized spacial score (nSPS) is 26.2. The van der Waals surface area contributed by atoms with Crippen molar-refractivity contribution >= 4 is 0 Å². The van der Waals surface area contributed by atoms with Gasteiger partial charge in [0, 0.05) is 24.4 Å². The van der Waals surface area contributed by atoms with E-state index in [-0.39, 0.29) is 37.3 Å². The molecule has 0 saturated carbocycles. The van der Waals surface area contributed by atoms with Crippen LogP contribution < -0.4 is 23.7 Å². The topological polar surface area (TPSA) is 75.6 Å². The molecule has 1 saturated heterocycles. The van der Waals surface area contributed by atoms with Crippen LogP contribution in [0.1, 0.15) is 28.7 Å². The van der Waals surface area contributed by atoms with Crippen LogP contribution in [0.4, 0.5) is 0 Å². The Morgan fingerprint density at radius 3 is 2.17 bits per heavy atom. The summed E-state index contributed by atoms with van der Waals surface area (Å²) in [5, 5.41) is 10.1. The fourth-order valence-corrected chi connectivity index (χ4v) is 5.01. The highest BCUT2D eigenvalue weighted by molar-refractivity contribution is 5.59. The number of fused-ring (bicyclic) bond motifs is 5. The molecule has 3 aliphatic rings. The Morgan fingerprint density at radius 2 is 1.59 bits per heavy atom. The number of aliphatic hydroxyl groups excluding tert-OH is 1. The third-order valence-electron chi connectivity index (χ3n) is 6.31. The van der Waals surface area contributed by atoms with Crippen LogP contribution in [0.15, 0.2) is 24.3 Å². The predicted octanol–water partition coefficient (Wildman–Crippen LogP) is 2.88. The van der Waals surface area contributed by atoms with Crippen LogP contribution in [-0.2, 0) is 4.74 Å². The molecule has 1 fully saturated rings. The lowest BCUT2D eigenvalue weighted by atomic mass is 9.67. The van der Waals surface area contributed by atoms with E-state index in [4.69, 9.17) is 28.4 Å². The zero-order valence-corrected chi connectivity index (χ0v) is 16.6. The summed E-state index contributed by atoms with van der Waals surface area (Å²) in [6.07, 6.45) is -0.146. The molecule has 2 aliphatic heterocycles. The van der Waals surface area contributed by atoms with Gasteiger partial charge in [0.15, 0.2) is 23.0 Å². The first kappa shape index (κ1) is 18.4. The summed E-state index contributed by atoms with van der Waals surface area (Å²) in [6.45, 7) is 0.841. The summed E-state index contributed by atoms with van der Waals surface area (Å²) >= 11 is 0. The largest absolute Gasteiger partial charge is 0.493 e. The first-order valence-corrected chi connectivity index (χ1v) is 9.66. The number of rotatable bonds is 5. The Hall–Kier alpha value is -2.64. The van der Waals surface area contributed by atoms with E-state index in [1.165, 1.54) is 0 Å². The molecule has 2 bridgehead atoms. The molecule has 7 nitrogen and oxygen atoms in total. The van der Waals surface area contributed by atoms with Gasteiger partial charge in [0.05, 0.1) is 34.0 Å². The van der Waals surface area contributed by atoms with Gasteiger partial charge in [-0.05, 0) is 41.0 Å². The third-order valence-corrected chi connectivity index (χ3v) is 6.31. The van der Waals surface area contributed by atoms with Gasteiger partial charge in [0.1, 0.15) is 0 Å². The van der Waals surface area contributed by atoms with Crippen LogP contribution >= 0.6 is 0 Å². The third kappa shape index (κ3) is 2.64. The molecule has 0 amide bonds. The fourth-order valence-electron chi connectivity index (χ4n) is 5.01. The second-order valence-electron chi connectivity index (χ2n) is 7.53. The molecule has 2 heterocycles. The van der Waals surface area contributed by atoms with Gasteiger partial charge >= 0.3 is 0 Å². The molecule has 0 spiro atoms. The van der Waals surface area contributed by atoms with Crippen molar-refractivity contribution < 1.29 is 33.5 Å². The van der Waals surface area contributed by atoms with E-state index in [0.717, 1.165) is 28.2 Å². The Balaban J connectivity index is 1.71. The van der Waals surface area contributed by atoms with Gasteiger partial charge in [0.2, 0.25) is 12.5 Å². The van der Waals surface area contributed by atoms with Gasteiger partial charge in [0.25, 0.3) is 0 Å². The van der Waals surface area contributed by atoms with Gasteiger partial charge in [-0.1, -0.05) is 0 Å². The first-order chi connectivity index (χ1) is 14.2. The number of methoxy groups -OCH3 is 3. The van der Waals surface area contributed by atoms with Crippen molar-refractivity contribution in [3.05, 3.63) is 41.0 Å². The molecule has 0 aromatic heterocycles. The van der Waals surface area contributed by atoms with Crippen LogP contribution in [0.5, 0.6) is 28.7 Å². The first-order valence-electron chi connectivity index (χ1n) is 9.66. The number of hydrogen-bond donors (Lipinski definition) is 1. The Morgan fingerprint density at radius 1 is 0.931 bits per heavy atom. The Labute approximate surface area is 169 Å². The zero-order valence-electron chi connectivity index (χ0n) is 16.6. The minimum absolute atomic E-state index is 0.00645. The van der Waals surface area contributed by atoms with Gasteiger partial charge in [-0.3, -0.25) is 0 Å². The van der Waals surface area contributed by atoms with E-state index >= 15 is 0 Å². The van der Waals surface area contributed by atoms with Gasteiger partial charge in [-0.25, -0.2) is 0 Å². The predicted molar refractivity (Wildman–Crippen MR) is 103 cm³/mol. The van der Waals surface area contributed by atoms with Gasteiger partial charge < -0.3 is 33.5 Å². The van der Waals surface area contributed by atoms with E-state index in [0.29, 0.717) is 23.9 Å². The Bertz CT molecular complexity index is 916. The lowest BCUT2D eigenvalue weighted by Crippen LogP contribution is -2.31. The lowest BCUT2D eigenvalue weighted by molar-refractivity contribution is 0.0694. The monoisotopic (exact) mass is 400 g/mol. The number of hydrogen-bond acceptors (Lipinski definition) is 7. The van der Waals surface area contributed by atoms with Crippen LogP contribution in [0.3, 0.4) is 0 Å². The van der Waals surface area contributed by atoms with Crippen molar-refractivity contribution in [1.82, 2.24) is 0 Å². The summed E-state index contributed by atoms with van der Waals surface area (Å²) in [5.41, 5.74) is 3.19. The molecular weight excluding hydrogens is 376 g/mol. The van der Waals surface area contributed by atoms with Crippen molar-refractivity contribution in [3.8, 4) is 28.7 Å². The van der Waals surface area contributed by atoms with Crippen molar-refractivity contribution in [3.63, 3.8) is 0 Å². The van der Waals surface area contributed by atoms with E-state index in [1.54, 1.807) is 21.3 Å². The summed E-state index contributed by atoms with van der Waals surface area (Å²) in [5.74, 6) is 3.34. The molecule has 0 radical (unpaired) electrons. The second-order valence-corrected chi connectivity index (χ2v) is 7.53. The van der Waals surface area contributed by atoms with Crippen LogP contribution in [0, 0.1) is 11.8 Å². The van der Waals surface area contributed by atoms with E-state index in [2.05, 4.69) is 0 Å². The molecule has 1 N–H and O–H groups in total. The number of aliphatic hydroxyl groups is 1. The van der Waals surface area contributed by atoms with Crippen LogP contribution in [-0.4, -0.2) is 46.4 Å². The maximum atomic E-state index is 10.1. The van der Waals surface area contributed by atoms with Crippen molar-refractivity contribution in [2.45, 2.75) is 12.0 Å². The van der Waals surface area contributed by atoms with E-state index < -0.39 is 0 Å². The molecule has 29 heavy (non-hydrogen) atoms. The average molecular weight is 400 g/mol. The summed E-state index contributed by atoms with van der Waals surface area (Å²) < 4.78 is 34.0. The van der Waals surface area contributed by atoms with E-state index in [1.807, 2.05) is 24.3 Å². The van der Waals surface area contributed by atoms with E-state index in [9.17, 15) is 5.11 Å². The standard InChI is InChI=1S/C22H24O7/c1-24-18-4-11(5-19(25-2)22(18)26-3)20-12-6-16-17(29-10-28-16)7-13(12)21-14(8-23)15(20)9-27-21/h4-7,14-15,20-21,23H,8-10H2,1-3H3/t14-,15+,20+,21+/m0/s1. The van der Waals surface area contributed by atoms with Gasteiger partial charge in [-0.15, -0.1) is 0 Å². The highest BCUT2D eigenvalue weighted by Crippen LogP contribution is 2.57. The number of ether oxygens (including phenoxy) is 6. The SMILES string of the molecule is COc1cc([C@@H]2c3cc4c(cc3[C@H]3OC[C@@H]2[C@@H]3CO)OCO4)cc(OC)c1OC. The van der Waals surface area contributed by atoms with Crippen molar-refractivity contribution in [2.24, 2.45) is 11.8 Å². The zero-order chi connectivity index (χ0) is 20.1. The highest BCUT2D eigenvalue weighted by atomic mass is 16.7. The molecule has 4 atom stereocenters. The Kier molecular flexibility index (Phi) is 4.44. The number of benzene rings is 2. The minimum atomic E-state index is -0.146. The molecule has 5 rings (SSSR count). The molecule has 2 aromatic carbocycles. The van der Waals surface area contributed by atoms with Crippen molar-refractivity contribution in [1.29, 1.82) is 0 Å². The smallest absolute Gasteiger partial charge is 0.231 e. The molecule has 7 heteroatoms. The maximum absolute atomic E-state index is 10.1. The molecular formula is C22H24O7. The fraction of sp³-hybridized carbons (Fsp3) is 0.455. The molecule has 1 aliphatic carbocycles. The van der Waals surface area contributed by atoms with Crippen LogP contribution in [0.25, 0.3) is 0 Å². The average Bonchev–Trinajstić information content (AvgIpc) is 3.35. The minimum Gasteiger partial charge on any atom is -0.493 e. The highest BCUT2D eigenvalue weighted by Gasteiger charge is 2.49. The summed E-state index contributed by atoms with van der Waals surface area (Å²) in [6, 6.07) is 8.01. The molecule has 154 valence electrons. The second kappa shape index (κ2) is 7.00. The summed E-state index contributed by atoms with van der Waals surface area (Å²) in [7, 11) is 4.81. The maximum Gasteiger partial charge on any atom is 0.231 e. The quantitative estimate of drug-likeness (QED) is 0.827. The van der Waals surface area contributed by atoms with Crippen LogP contribution in [0.2, 0.25) is 0 Å². The molecule has 0 unspecified atom stereocenters.